The highest BCUT2D eigenvalue weighted by Gasteiger charge is 2.30. The Morgan fingerprint density at radius 1 is 1.35 bits per heavy atom. The summed E-state index contributed by atoms with van der Waals surface area (Å²) in [4.78, 5) is 7.01. The molecule has 0 saturated heterocycles. The Balaban J connectivity index is 1.88. The van der Waals surface area contributed by atoms with Gasteiger partial charge >= 0.3 is 0 Å². The summed E-state index contributed by atoms with van der Waals surface area (Å²) in [7, 11) is 2.11. The van der Waals surface area contributed by atoms with E-state index in [9.17, 15) is 0 Å². The van der Waals surface area contributed by atoms with Crippen molar-refractivity contribution < 1.29 is 0 Å². The molecule has 1 aliphatic heterocycles. The number of imidazole rings is 1. The van der Waals surface area contributed by atoms with Gasteiger partial charge in [0.15, 0.2) is 0 Å². The molecule has 0 amide bonds. The average Bonchev–Trinajstić information content (AvgIpc) is 2.99. The molecule has 2 aromatic rings. The maximum absolute atomic E-state index is 4.42. The van der Waals surface area contributed by atoms with Crippen LogP contribution in [0.15, 0.2) is 24.5 Å². The summed E-state index contributed by atoms with van der Waals surface area (Å²) in [6.07, 6.45) is 4.22. The van der Waals surface area contributed by atoms with Crippen LogP contribution in [0.3, 0.4) is 0 Å². The molecule has 3 rings (SSSR count). The fourth-order valence-electron chi connectivity index (χ4n) is 3.31. The summed E-state index contributed by atoms with van der Waals surface area (Å²) in [6.45, 7) is 9.86. The van der Waals surface area contributed by atoms with E-state index in [-0.39, 0.29) is 0 Å². The zero-order valence-corrected chi connectivity index (χ0v) is 12.9. The van der Waals surface area contributed by atoms with Crippen LogP contribution < -0.4 is 0 Å². The van der Waals surface area contributed by atoms with Gasteiger partial charge in [0.05, 0.1) is 11.7 Å². The van der Waals surface area contributed by atoms with Crippen molar-refractivity contribution in [2.24, 2.45) is 13.0 Å². The molecule has 2 aromatic heterocycles. The topological polar surface area (TPSA) is 26.0 Å². The molecule has 1 atom stereocenters. The number of aryl methyl sites for hydroxylation is 1. The second kappa shape index (κ2) is 5.09. The van der Waals surface area contributed by atoms with E-state index in [4.69, 9.17) is 0 Å². The fraction of sp³-hybridized carbons (Fsp3) is 0.562. The molecule has 0 radical (unpaired) electrons. The lowest BCUT2D eigenvalue weighted by Gasteiger charge is -2.39. The molecule has 0 N–H and O–H groups in total. The summed E-state index contributed by atoms with van der Waals surface area (Å²) in [6, 6.07) is 4.93. The molecule has 0 saturated carbocycles. The number of nitrogens with zero attached hydrogens (tertiary/aromatic N) is 4. The Morgan fingerprint density at radius 2 is 2.15 bits per heavy atom. The molecule has 4 heteroatoms. The van der Waals surface area contributed by atoms with Gasteiger partial charge in [0.25, 0.3) is 0 Å². The molecule has 0 aromatic carbocycles. The first-order valence-corrected chi connectivity index (χ1v) is 7.44. The van der Waals surface area contributed by atoms with E-state index < -0.39 is 0 Å². The third kappa shape index (κ3) is 2.18. The molecule has 4 nitrogen and oxygen atoms in total. The first kappa shape index (κ1) is 13.4. The number of aromatic nitrogens is 3. The SMILES string of the molecule is Cc1ncc(CN2CCn3cccc3C2C(C)C)n1C. The summed E-state index contributed by atoms with van der Waals surface area (Å²) in [5, 5.41) is 0. The summed E-state index contributed by atoms with van der Waals surface area (Å²) in [5.41, 5.74) is 2.75. The largest absolute Gasteiger partial charge is 0.349 e. The molecule has 1 unspecified atom stereocenters. The highest BCUT2D eigenvalue weighted by molar-refractivity contribution is 5.16. The van der Waals surface area contributed by atoms with Crippen molar-refractivity contribution in [3.05, 3.63) is 41.7 Å². The van der Waals surface area contributed by atoms with Crippen LogP contribution in [-0.4, -0.2) is 25.6 Å². The van der Waals surface area contributed by atoms with Crippen LogP contribution in [0.2, 0.25) is 0 Å². The van der Waals surface area contributed by atoms with Crippen molar-refractivity contribution in [1.82, 2.24) is 19.0 Å². The van der Waals surface area contributed by atoms with Gasteiger partial charge in [-0.25, -0.2) is 4.98 Å². The van der Waals surface area contributed by atoms with Crippen LogP contribution in [-0.2, 0) is 20.1 Å². The second-order valence-corrected chi connectivity index (χ2v) is 6.14. The number of fused-ring (bicyclic) bond motifs is 1. The quantitative estimate of drug-likeness (QED) is 0.858. The van der Waals surface area contributed by atoms with Gasteiger partial charge in [0.1, 0.15) is 5.82 Å². The monoisotopic (exact) mass is 272 g/mol. The molecule has 0 aliphatic carbocycles. The zero-order valence-electron chi connectivity index (χ0n) is 12.9. The van der Waals surface area contributed by atoms with Crippen LogP contribution in [0, 0.1) is 12.8 Å². The van der Waals surface area contributed by atoms with E-state index in [1.165, 1.54) is 11.4 Å². The van der Waals surface area contributed by atoms with Gasteiger partial charge in [-0.05, 0) is 25.0 Å². The minimum atomic E-state index is 0.494. The average molecular weight is 272 g/mol. The molecule has 0 bridgehead atoms. The maximum Gasteiger partial charge on any atom is 0.105 e. The van der Waals surface area contributed by atoms with Crippen molar-refractivity contribution in [2.75, 3.05) is 6.54 Å². The van der Waals surface area contributed by atoms with Crippen molar-refractivity contribution in [3.8, 4) is 0 Å². The summed E-state index contributed by atoms with van der Waals surface area (Å²) < 4.78 is 4.60. The van der Waals surface area contributed by atoms with Gasteiger partial charge in [0, 0.05) is 44.8 Å². The third-order valence-corrected chi connectivity index (χ3v) is 4.50. The second-order valence-electron chi connectivity index (χ2n) is 6.14. The van der Waals surface area contributed by atoms with E-state index in [1.807, 2.05) is 6.20 Å². The van der Waals surface area contributed by atoms with Crippen LogP contribution in [0.5, 0.6) is 0 Å². The van der Waals surface area contributed by atoms with E-state index in [2.05, 4.69) is 65.2 Å². The number of hydrogen-bond acceptors (Lipinski definition) is 2. The minimum absolute atomic E-state index is 0.494. The summed E-state index contributed by atoms with van der Waals surface area (Å²) in [5.74, 6) is 1.69. The molecular weight excluding hydrogens is 248 g/mol. The Labute approximate surface area is 121 Å². The number of hydrogen-bond donors (Lipinski definition) is 0. The van der Waals surface area contributed by atoms with Gasteiger partial charge in [-0.3, -0.25) is 4.90 Å². The lowest BCUT2D eigenvalue weighted by Crippen LogP contribution is -2.40. The number of rotatable bonds is 3. The first-order chi connectivity index (χ1) is 9.58. The molecule has 3 heterocycles. The molecule has 108 valence electrons. The molecule has 1 aliphatic rings. The normalized spacial score (nSPS) is 19.6. The highest BCUT2D eigenvalue weighted by atomic mass is 15.2. The van der Waals surface area contributed by atoms with E-state index in [0.29, 0.717) is 12.0 Å². The van der Waals surface area contributed by atoms with Crippen molar-refractivity contribution >= 4 is 0 Å². The highest BCUT2D eigenvalue weighted by Crippen LogP contribution is 2.33. The Kier molecular flexibility index (Phi) is 3.42. The lowest BCUT2D eigenvalue weighted by atomic mass is 9.97. The van der Waals surface area contributed by atoms with Gasteiger partial charge in [-0.2, -0.15) is 0 Å². The van der Waals surface area contributed by atoms with Crippen LogP contribution in [0.1, 0.15) is 37.1 Å². The van der Waals surface area contributed by atoms with Gasteiger partial charge in [-0.1, -0.05) is 13.8 Å². The van der Waals surface area contributed by atoms with Crippen LogP contribution in [0.4, 0.5) is 0 Å². The molecule has 0 spiro atoms. The Bertz CT molecular complexity index is 593. The standard InChI is InChI=1S/C16H24N4/c1-12(2)16-15-6-5-7-19(15)8-9-20(16)11-14-10-17-13(3)18(14)4/h5-7,10,12,16H,8-9,11H2,1-4H3. The van der Waals surface area contributed by atoms with E-state index >= 15 is 0 Å². The van der Waals surface area contributed by atoms with E-state index in [1.54, 1.807) is 0 Å². The zero-order chi connectivity index (χ0) is 14.3. The van der Waals surface area contributed by atoms with Crippen molar-refractivity contribution in [1.29, 1.82) is 0 Å². The van der Waals surface area contributed by atoms with Crippen molar-refractivity contribution in [2.45, 2.75) is 39.9 Å². The van der Waals surface area contributed by atoms with Crippen LogP contribution >= 0.6 is 0 Å². The van der Waals surface area contributed by atoms with E-state index in [0.717, 1.165) is 25.5 Å². The first-order valence-electron chi connectivity index (χ1n) is 7.44. The maximum atomic E-state index is 4.42. The van der Waals surface area contributed by atoms with Gasteiger partial charge < -0.3 is 9.13 Å². The third-order valence-electron chi connectivity index (χ3n) is 4.50. The Morgan fingerprint density at radius 3 is 2.80 bits per heavy atom. The smallest absolute Gasteiger partial charge is 0.105 e. The Hall–Kier alpha value is -1.55. The summed E-state index contributed by atoms with van der Waals surface area (Å²) >= 11 is 0. The van der Waals surface area contributed by atoms with Crippen molar-refractivity contribution in [3.63, 3.8) is 0 Å². The van der Waals surface area contributed by atoms with Gasteiger partial charge in [-0.15, -0.1) is 0 Å². The molecule has 0 fully saturated rings. The van der Waals surface area contributed by atoms with Gasteiger partial charge in [0.2, 0.25) is 0 Å². The fourth-order valence-corrected chi connectivity index (χ4v) is 3.31. The predicted molar refractivity (Wildman–Crippen MR) is 80.4 cm³/mol. The molecule has 20 heavy (non-hydrogen) atoms. The molecular formula is C16H24N4. The van der Waals surface area contributed by atoms with Crippen LogP contribution in [0.25, 0.3) is 0 Å². The predicted octanol–water partition coefficient (Wildman–Crippen LogP) is 2.74. The lowest BCUT2D eigenvalue weighted by molar-refractivity contribution is 0.109. The minimum Gasteiger partial charge on any atom is -0.349 e.